The van der Waals surface area contributed by atoms with Gasteiger partial charge in [-0.2, -0.15) is 0 Å². The zero-order chi connectivity index (χ0) is 12.2. The molecule has 15 heavy (non-hydrogen) atoms. The molecule has 0 fully saturated rings. The van der Waals surface area contributed by atoms with Crippen LogP contribution < -0.4 is 0 Å². The highest BCUT2D eigenvalue weighted by Gasteiger charge is 2.21. The van der Waals surface area contributed by atoms with Crippen LogP contribution in [0.2, 0.25) is 0 Å². The van der Waals surface area contributed by atoms with Crippen LogP contribution in [0, 0.1) is 5.92 Å². The van der Waals surface area contributed by atoms with Crippen molar-refractivity contribution in [3.8, 4) is 0 Å². The van der Waals surface area contributed by atoms with Crippen molar-refractivity contribution in [1.29, 1.82) is 0 Å². The van der Waals surface area contributed by atoms with E-state index in [1.165, 1.54) is 23.1 Å². The summed E-state index contributed by atoms with van der Waals surface area (Å²) < 4.78 is 0. The highest BCUT2D eigenvalue weighted by atomic mass is 16.2. The summed E-state index contributed by atoms with van der Waals surface area (Å²) >= 11 is 0. The Labute approximate surface area is 90.8 Å². The van der Waals surface area contributed by atoms with E-state index in [0.29, 0.717) is 5.57 Å². The van der Waals surface area contributed by atoms with Gasteiger partial charge in [0.05, 0.1) is 5.92 Å². The predicted octanol–water partition coefficient (Wildman–Crippen LogP) is 1.22. The molecule has 0 saturated carbocycles. The molecule has 2 amide bonds. The van der Waals surface area contributed by atoms with Crippen molar-refractivity contribution in [2.24, 2.45) is 5.92 Å². The molecule has 0 aliphatic heterocycles. The minimum atomic E-state index is -0.310. The van der Waals surface area contributed by atoms with E-state index in [0.717, 1.165) is 0 Å². The lowest BCUT2D eigenvalue weighted by Gasteiger charge is -2.29. The van der Waals surface area contributed by atoms with Gasteiger partial charge in [-0.3, -0.25) is 19.6 Å². The van der Waals surface area contributed by atoms with Crippen LogP contribution >= 0.6 is 0 Å². The fraction of sp³-hybridized carbons (Fsp3) is 0.455. The average Bonchev–Trinajstić information content (AvgIpc) is 2.23. The Morgan fingerprint density at radius 1 is 1.27 bits per heavy atom. The Morgan fingerprint density at radius 2 is 1.73 bits per heavy atom. The van der Waals surface area contributed by atoms with E-state index < -0.39 is 0 Å². The third-order valence-corrected chi connectivity index (χ3v) is 2.17. The maximum atomic E-state index is 11.7. The lowest BCUT2D eigenvalue weighted by Crippen LogP contribution is -2.46. The van der Waals surface area contributed by atoms with Crippen molar-refractivity contribution in [2.75, 3.05) is 14.1 Å². The van der Waals surface area contributed by atoms with Crippen LogP contribution in [0.1, 0.15) is 13.8 Å². The van der Waals surface area contributed by atoms with Crippen LogP contribution in [-0.4, -0.2) is 35.9 Å². The van der Waals surface area contributed by atoms with Crippen LogP contribution in [0.25, 0.3) is 0 Å². The van der Waals surface area contributed by atoms with Gasteiger partial charge >= 0.3 is 0 Å². The zero-order valence-electron chi connectivity index (χ0n) is 9.78. The molecule has 0 saturated heterocycles. The molecule has 0 spiro atoms. The van der Waals surface area contributed by atoms with E-state index in [-0.39, 0.29) is 17.7 Å². The molecule has 0 bridgehead atoms. The molecule has 1 unspecified atom stereocenters. The van der Waals surface area contributed by atoms with Gasteiger partial charge < -0.3 is 0 Å². The first kappa shape index (κ1) is 13.4. The maximum Gasteiger partial charge on any atom is 0.267 e. The Morgan fingerprint density at radius 3 is 2.07 bits per heavy atom. The predicted molar refractivity (Wildman–Crippen MR) is 59.7 cm³/mol. The van der Waals surface area contributed by atoms with Crippen LogP contribution in [0.4, 0.5) is 0 Å². The molecule has 0 aromatic heterocycles. The second-order valence-corrected chi connectivity index (χ2v) is 3.50. The Bertz CT molecular complexity index is 297. The summed E-state index contributed by atoms with van der Waals surface area (Å²) in [6.07, 6.45) is 1.54. The summed E-state index contributed by atoms with van der Waals surface area (Å²) in [6, 6.07) is 0. The molecule has 0 aliphatic rings. The van der Waals surface area contributed by atoms with Gasteiger partial charge in [0.1, 0.15) is 0 Å². The monoisotopic (exact) mass is 210 g/mol. The molecule has 0 aliphatic carbocycles. The van der Waals surface area contributed by atoms with Crippen molar-refractivity contribution in [1.82, 2.24) is 10.0 Å². The van der Waals surface area contributed by atoms with Crippen LogP contribution in [-0.2, 0) is 9.59 Å². The minimum Gasteiger partial charge on any atom is -0.272 e. The number of carbonyl (C=O) groups is 2. The Hall–Kier alpha value is -1.58. The fourth-order valence-electron chi connectivity index (χ4n) is 0.956. The SMILES string of the molecule is C=CC(C)C(=O)N(C)N(C)C(=O)C(=C)C. The van der Waals surface area contributed by atoms with Crippen molar-refractivity contribution in [3.05, 3.63) is 24.8 Å². The number of hydrogen-bond acceptors (Lipinski definition) is 2. The molecule has 4 heteroatoms. The zero-order valence-corrected chi connectivity index (χ0v) is 9.78. The third kappa shape index (κ3) is 3.23. The van der Waals surface area contributed by atoms with E-state index in [1.54, 1.807) is 20.9 Å². The molecule has 0 aromatic carbocycles. The van der Waals surface area contributed by atoms with Gasteiger partial charge in [0, 0.05) is 19.7 Å². The summed E-state index contributed by atoms with van der Waals surface area (Å²) in [5.74, 6) is -0.764. The molecule has 0 aromatic rings. The molecular weight excluding hydrogens is 192 g/mol. The van der Waals surface area contributed by atoms with Crippen LogP contribution in [0.5, 0.6) is 0 Å². The van der Waals surface area contributed by atoms with E-state index in [9.17, 15) is 9.59 Å². The first-order chi connectivity index (χ1) is 6.82. The summed E-state index contributed by atoms with van der Waals surface area (Å²) in [6.45, 7) is 10.4. The number of amides is 2. The fourth-order valence-corrected chi connectivity index (χ4v) is 0.956. The van der Waals surface area contributed by atoms with E-state index >= 15 is 0 Å². The smallest absolute Gasteiger partial charge is 0.267 e. The standard InChI is InChI=1S/C11H18N2O2/c1-7-9(4)11(15)13(6)12(5)10(14)8(2)3/h7,9H,1-2H2,3-6H3. The van der Waals surface area contributed by atoms with Gasteiger partial charge in [0.2, 0.25) is 5.91 Å². The number of rotatable bonds is 3. The maximum absolute atomic E-state index is 11.7. The molecule has 0 rings (SSSR count). The highest BCUT2D eigenvalue weighted by Crippen LogP contribution is 2.06. The minimum absolute atomic E-state index is 0.179. The lowest BCUT2D eigenvalue weighted by molar-refractivity contribution is -0.156. The number of hydrazine groups is 1. The van der Waals surface area contributed by atoms with E-state index in [4.69, 9.17) is 0 Å². The van der Waals surface area contributed by atoms with E-state index in [1.807, 2.05) is 0 Å². The average molecular weight is 210 g/mol. The molecule has 0 radical (unpaired) electrons. The topological polar surface area (TPSA) is 40.6 Å². The number of nitrogens with zero attached hydrogens (tertiary/aromatic N) is 2. The normalized spacial score (nSPS) is 11.5. The number of carbonyl (C=O) groups excluding carboxylic acids is 2. The van der Waals surface area contributed by atoms with Gasteiger partial charge in [-0.1, -0.05) is 19.6 Å². The largest absolute Gasteiger partial charge is 0.272 e. The molecule has 1 atom stereocenters. The molecule has 0 N–H and O–H groups in total. The summed E-state index contributed by atoms with van der Waals surface area (Å²) in [5, 5.41) is 2.51. The Balaban J connectivity index is 4.64. The van der Waals surface area contributed by atoms with Crippen LogP contribution in [0.15, 0.2) is 24.8 Å². The molecule has 4 nitrogen and oxygen atoms in total. The highest BCUT2D eigenvalue weighted by molar-refractivity contribution is 5.93. The van der Waals surface area contributed by atoms with Crippen molar-refractivity contribution in [3.63, 3.8) is 0 Å². The number of hydrogen-bond donors (Lipinski definition) is 0. The van der Waals surface area contributed by atoms with Gasteiger partial charge in [-0.25, -0.2) is 0 Å². The second kappa shape index (κ2) is 5.34. The first-order valence-corrected chi connectivity index (χ1v) is 4.66. The molecule has 84 valence electrons. The summed E-state index contributed by atoms with van der Waals surface area (Å²) in [5.41, 5.74) is 0.392. The molecular formula is C11H18N2O2. The van der Waals surface area contributed by atoms with Gasteiger partial charge in [-0.05, 0) is 6.92 Å². The third-order valence-electron chi connectivity index (χ3n) is 2.17. The van der Waals surface area contributed by atoms with Crippen molar-refractivity contribution in [2.45, 2.75) is 13.8 Å². The quantitative estimate of drug-likeness (QED) is 0.399. The van der Waals surface area contributed by atoms with Gasteiger partial charge in [0.15, 0.2) is 0 Å². The van der Waals surface area contributed by atoms with Gasteiger partial charge in [0.25, 0.3) is 5.91 Å². The summed E-state index contributed by atoms with van der Waals surface area (Å²) in [7, 11) is 3.08. The second-order valence-electron chi connectivity index (χ2n) is 3.50. The summed E-state index contributed by atoms with van der Waals surface area (Å²) in [4.78, 5) is 23.2. The number of likely N-dealkylation sites (N-methyl/N-ethyl adjacent to an activating group) is 1. The van der Waals surface area contributed by atoms with Gasteiger partial charge in [-0.15, -0.1) is 6.58 Å². The molecule has 0 heterocycles. The van der Waals surface area contributed by atoms with Crippen molar-refractivity contribution < 1.29 is 9.59 Å². The van der Waals surface area contributed by atoms with E-state index in [2.05, 4.69) is 13.2 Å². The van der Waals surface area contributed by atoms with Crippen LogP contribution in [0.3, 0.4) is 0 Å². The van der Waals surface area contributed by atoms with Crippen molar-refractivity contribution >= 4 is 11.8 Å². The Kier molecular flexibility index (Phi) is 4.78. The lowest BCUT2D eigenvalue weighted by atomic mass is 10.1. The first-order valence-electron chi connectivity index (χ1n) is 4.66.